The largest absolute Gasteiger partial charge is 0.508 e. The number of phenolic OH excluding ortho intramolecular Hbond substituents is 1. The van der Waals surface area contributed by atoms with Gasteiger partial charge >= 0.3 is 5.97 Å². The molecule has 1 aromatic carbocycles. The smallest absolute Gasteiger partial charge is 0.326 e. The van der Waals surface area contributed by atoms with E-state index in [4.69, 9.17) is 17.2 Å². The van der Waals surface area contributed by atoms with Gasteiger partial charge in [-0.3, -0.25) is 24.0 Å². The Labute approximate surface area is 325 Å². The zero-order chi connectivity index (χ0) is 41.6. The fourth-order valence-corrected chi connectivity index (χ4v) is 5.76. The Kier molecular flexibility index (Phi) is 22.5. The third-order valence-corrected chi connectivity index (χ3v) is 9.08. The van der Waals surface area contributed by atoms with Crippen LogP contribution in [0.4, 0.5) is 0 Å². The van der Waals surface area contributed by atoms with Crippen LogP contribution in [0.5, 0.6) is 5.75 Å². The summed E-state index contributed by atoms with van der Waals surface area (Å²) in [5.41, 5.74) is 17.0. The van der Waals surface area contributed by atoms with Gasteiger partial charge in [0.05, 0.1) is 5.54 Å². The minimum atomic E-state index is -1.27. The van der Waals surface area contributed by atoms with E-state index in [0.29, 0.717) is 50.8 Å². The molecule has 0 saturated heterocycles. The van der Waals surface area contributed by atoms with Crippen molar-refractivity contribution in [2.45, 2.75) is 140 Å². The molecule has 1 rings (SSSR count). The molecule has 1 aromatic rings. The van der Waals surface area contributed by atoms with Gasteiger partial charge in [-0.2, -0.15) is 0 Å². The molecule has 0 aliphatic carbocycles. The van der Waals surface area contributed by atoms with Gasteiger partial charge in [0.15, 0.2) is 0 Å². The summed E-state index contributed by atoms with van der Waals surface area (Å²) in [5, 5.41) is 32.9. The molecule has 0 unspecified atom stereocenters. The van der Waals surface area contributed by atoms with E-state index in [1.165, 1.54) is 18.2 Å². The molecule has 0 aliphatic heterocycles. The predicted molar refractivity (Wildman–Crippen MR) is 211 cm³/mol. The second kappa shape index (κ2) is 25.5. The predicted octanol–water partition coefficient (Wildman–Crippen LogP) is 1.23. The number of carboxylic acid groups (broad SMARTS) is 1. The van der Waals surface area contributed by atoms with Crippen LogP contribution in [0, 0.1) is 5.92 Å². The van der Waals surface area contributed by atoms with Gasteiger partial charge in [-0.05, 0) is 101 Å². The normalized spacial score (nSPS) is 15.0. The number of aromatic hydroxyl groups is 1. The van der Waals surface area contributed by atoms with Crippen LogP contribution in [0.1, 0.15) is 104 Å². The molecule has 310 valence electrons. The summed E-state index contributed by atoms with van der Waals surface area (Å²) in [4.78, 5) is 80.0. The van der Waals surface area contributed by atoms with Crippen molar-refractivity contribution in [1.82, 2.24) is 26.6 Å². The lowest BCUT2D eigenvalue weighted by Crippen LogP contribution is -2.60. The van der Waals surface area contributed by atoms with Gasteiger partial charge in [-0.25, -0.2) is 4.79 Å². The third-order valence-electron chi connectivity index (χ3n) is 9.08. The number of hydrogen-bond acceptors (Lipinski definition) is 10. The second-order valence-electron chi connectivity index (χ2n) is 14.7. The van der Waals surface area contributed by atoms with E-state index in [9.17, 15) is 39.0 Å². The van der Waals surface area contributed by atoms with Gasteiger partial charge in [0.2, 0.25) is 29.5 Å². The molecular weight excluding hydrogens is 708 g/mol. The molecule has 16 heteroatoms. The van der Waals surface area contributed by atoms with Crippen LogP contribution in [0.3, 0.4) is 0 Å². The molecule has 0 heterocycles. The summed E-state index contributed by atoms with van der Waals surface area (Å²) in [5.74, 6) is -4.58. The molecule has 55 heavy (non-hydrogen) atoms. The number of benzene rings is 1. The third kappa shape index (κ3) is 18.6. The van der Waals surface area contributed by atoms with Crippen LogP contribution in [0.25, 0.3) is 0 Å². The molecule has 0 radical (unpaired) electrons. The molecule has 0 aromatic heterocycles. The number of carbonyl (C=O) groups excluding carboxylic acids is 5. The quantitative estimate of drug-likeness (QED) is 0.0427. The molecule has 0 aliphatic rings. The number of carbonyl (C=O) groups is 6. The minimum absolute atomic E-state index is 0.00683. The highest BCUT2D eigenvalue weighted by atomic mass is 16.4. The van der Waals surface area contributed by atoms with Crippen LogP contribution < -0.4 is 43.8 Å². The zero-order valence-electron chi connectivity index (χ0n) is 33.0. The van der Waals surface area contributed by atoms with Crippen molar-refractivity contribution in [1.29, 1.82) is 0 Å². The van der Waals surface area contributed by atoms with Crippen LogP contribution in [0.15, 0.2) is 36.9 Å². The van der Waals surface area contributed by atoms with E-state index < -0.39 is 71.3 Å². The first kappa shape index (κ1) is 48.5. The van der Waals surface area contributed by atoms with E-state index in [2.05, 4.69) is 33.2 Å². The molecule has 0 bridgehead atoms. The highest BCUT2D eigenvalue weighted by Gasteiger charge is 2.34. The number of hydrogen-bond donors (Lipinski definition) is 10. The van der Waals surface area contributed by atoms with Crippen molar-refractivity contribution in [2.24, 2.45) is 23.1 Å². The number of nitrogens with one attached hydrogen (secondary N) is 5. The topological polar surface area (TPSA) is 281 Å². The second-order valence-corrected chi connectivity index (χ2v) is 14.7. The highest BCUT2D eigenvalue weighted by Crippen LogP contribution is 2.15. The van der Waals surface area contributed by atoms with Gasteiger partial charge in [0, 0.05) is 6.42 Å². The van der Waals surface area contributed by atoms with Crippen molar-refractivity contribution < 1.29 is 39.0 Å². The van der Waals surface area contributed by atoms with E-state index in [0.717, 1.165) is 12.8 Å². The number of amides is 5. The molecule has 16 nitrogen and oxygen atoms in total. The number of carboxylic acids is 1. The van der Waals surface area contributed by atoms with Crippen LogP contribution in [-0.2, 0) is 35.2 Å². The molecule has 0 fully saturated rings. The SMILES string of the molecule is C=CC[C@H](NC(=O)[C@H](CCCCN)NC(=O)[C@H](CCCCN)NC(=O)[C@](C)(N)CCCC)C(=O)N[C@@H](Cc1ccc(O)cc1)C(=O)N[C@@H](CC(C)C)C(=O)O. The van der Waals surface area contributed by atoms with Gasteiger partial charge in [0.25, 0.3) is 0 Å². The Bertz CT molecular complexity index is 1390. The van der Waals surface area contributed by atoms with Gasteiger partial charge in [-0.15, -0.1) is 6.58 Å². The van der Waals surface area contributed by atoms with Crippen molar-refractivity contribution in [3.05, 3.63) is 42.5 Å². The molecule has 6 atom stereocenters. The van der Waals surface area contributed by atoms with Crippen LogP contribution in [-0.4, -0.2) is 94.6 Å². The van der Waals surface area contributed by atoms with E-state index in [1.54, 1.807) is 19.1 Å². The fraction of sp³-hybridized carbons (Fsp3) is 0.641. The Balaban J connectivity index is 3.34. The Morgan fingerprint density at radius 2 is 1.22 bits per heavy atom. The van der Waals surface area contributed by atoms with Crippen molar-refractivity contribution in [3.63, 3.8) is 0 Å². The summed E-state index contributed by atoms with van der Waals surface area (Å²) in [6, 6.07) is 0.105. The Morgan fingerprint density at radius 1 is 0.745 bits per heavy atom. The van der Waals surface area contributed by atoms with E-state index >= 15 is 0 Å². The molecule has 0 spiro atoms. The summed E-state index contributed by atoms with van der Waals surface area (Å²) in [6.45, 7) is 11.7. The lowest BCUT2D eigenvalue weighted by molar-refractivity contribution is -0.142. The van der Waals surface area contributed by atoms with Crippen molar-refractivity contribution >= 4 is 35.5 Å². The summed E-state index contributed by atoms with van der Waals surface area (Å²) < 4.78 is 0. The number of unbranched alkanes of at least 4 members (excludes halogenated alkanes) is 3. The average molecular weight is 775 g/mol. The fourth-order valence-electron chi connectivity index (χ4n) is 5.76. The lowest BCUT2D eigenvalue weighted by Gasteiger charge is -2.29. The van der Waals surface area contributed by atoms with Crippen molar-refractivity contribution in [3.8, 4) is 5.75 Å². The van der Waals surface area contributed by atoms with Gasteiger partial charge < -0.3 is 54.0 Å². The average Bonchev–Trinajstić information content (AvgIpc) is 3.12. The monoisotopic (exact) mass is 775 g/mol. The maximum Gasteiger partial charge on any atom is 0.326 e. The Morgan fingerprint density at radius 3 is 1.71 bits per heavy atom. The first-order chi connectivity index (χ1) is 26.0. The van der Waals surface area contributed by atoms with Crippen LogP contribution >= 0.6 is 0 Å². The molecular formula is C39H66N8O8. The van der Waals surface area contributed by atoms with Gasteiger partial charge in [0.1, 0.15) is 36.0 Å². The zero-order valence-corrected chi connectivity index (χ0v) is 33.0. The lowest BCUT2D eigenvalue weighted by atomic mass is 9.94. The van der Waals surface area contributed by atoms with Gasteiger partial charge in [-0.1, -0.05) is 51.8 Å². The number of phenols is 1. The molecule has 13 N–H and O–H groups in total. The summed E-state index contributed by atoms with van der Waals surface area (Å²) >= 11 is 0. The first-order valence-electron chi connectivity index (χ1n) is 19.3. The molecule has 0 saturated carbocycles. The first-order valence-corrected chi connectivity index (χ1v) is 19.3. The number of nitrogens with two attached hydrogens (primary N) is 3. The summed E-state index contributed by atoms with van der Waals surface area (Å²) in [7, 11) is 0. The van der Waals surface area contributed by atoms with E-state index in [1.807, 2.05) is 20.8 Å². The minimum Gasteiger partial charge on any atom is -0.508 e. The molecule has 5 amide bonds. The summed E-state index contributed by atoms with van der Waals surface area (Å²) in [6.07, 6.45) is 5.99. The van der Waals surface area contributed by atoms with E-state index in [-0.39, 0.29) is 43.8 Å². The highest BCUT2D eigenvalue weighted by molar-refractivity contribution is 5.96. The van der Waals surface area contributed by atoms with Crippen molar-refractivity contribution in [2.75, 3.05) is 13.1 Å². The number of aliphatic carboxylic acids is 1. The standard InChI is InChI=1S/C39H66N8O8/c1-6-8-20-39(5,42)38(55)47-30(15-10-12-22-41)35(51)44-29(14-9-11-21-40)34(50)43-28(13-7-2)33(49)45-31(24-26-16-18-27(48)19-17-26)36(52)46-32(37(53)54)23-25(3)4/h7,16-19,25,28-32,48H,2,6,8-15,20-24,40-42H2,1,3-5H3,(H,43,50)(H,44,51)(H,45,49)(H,46,52)(H,47,55)(H,53,54)/t28-,29-,30-,31-,32-,39+/m0/s1. The maximum atomic E-state index is 13.8. The Hall–Kier alpha value is -4.54. The number of rotatable bonds is 28. The van der Waals surface area contributed by atoms with Crippen LogP contribution in [0.2, 0.25) is 0 Å². The maximum absolute atomic E-state index is 13.8.